The molecule has 0 aromatic carbocycles. The minimum absolute atomic E-state index is 0.297. The van der Waals surface area contributed by atoms with Gasteiger partial charge in [0.2, 0.25) is 0 Å². The first kappa shape index (κ1) is 12.7. The lowest BCUT2D eigenvalue weighted by atomic mass is 10.2. The highest BCUT2D eigenvalue weighted by molar-refractivity contribution is 5.78. The van der Waals surface area contributed by atoms with Gasteiger partial charge in [0, 0.05) is 11.6 Å². The Labute approximate surface area is 116 Å². The van der Waals surface area contributed by atoms with Crippen LogP contribution in [-0.2, 0) is 6.54 Å². The van der Waals surface area contributed by atoms with Crippen molar-refractivity contribution < 1.29 is 4.39 Å². The third-order valence-electron chi connectivity index (χ3n) is 3.45. The zero-order valence-corrected chi connectivity index (χ0v) is 11.7. The van der Waals surface area contributed by atoms with E-state index in [0.29, 0.717) is 17.9 Å². The maximum Gasteiger partial charge on any atom is 0.158 e. The van der Waals surface area contributed by atoms with Gasteiger partial charge < -0.3 is 0 Å². The Morgan fingerprint density at radius 2 is 2.00 bits per heavy atom. The number of nitrogens with zero attached hydrogens (tertiary/aromatic N) is 4. The van der Waals surface area contributed by atoms with Crippen LogP contribution >= 0.6 is 0 Å². The Kier molecular flexibility index (Phi) is 2.97. The van der Waals surface area contributed by atoms with E-state index in [1.54, 1.807) is 17.8 Å². The lowest BCUT2D eigenvalue weighted by Gasteiger charge is -2.06. The van der Waals surface area contributed by atoms with Crippen LogP contribution in [0.15, 0.2) is 24.4 Å². The topological polar surface area (TPSA) is 43.6 Å². The Balaban J connectivity index is 2.13. The van der Waals surface area contributed by atoms with Crippen LogP contribution in [-0.4, -0.2) is 19.7 Å². The van der Waals surface area contributed by atoms with Crippen molar-refractivity contribution in [3.63, 3.8) is 0 Å². The smallest absolute Gasteiger partial charge is 0.158 e. The maximum atomic E-state index is 13.6. The summed E-state index contributed by atoms with van der Waals surface area (Å²) in [7, 11) is 0. The molecule has 20 heavy (non-hydrogen) atoms. The number of rotatable bonds is 2. The zero-order chi connectivity index (χ0) is 14.3. The molecule has 0 amide bonds. The van der Waals surface area contributed by atoms with Gasteiger partial charge in [-0.3, -0.25) is 4.98 Å². The van der Waals surface area contributed by atoms with Gasteiger partial charge in [0.1, 0.15) is 5.82 Å². The third-order valence-corrected chi connectivity index (χ3v) is 3.45. The highest BCUT2D eigenvalue weighted by Crippen LogP contribution is 2.20. The van der Waals surface area contributed by atoms with Crippen LogP contribution in [0.5, 0.6) is 0 Å². The molecule has 0 saturated heterocycles. The van der Waals surface area contributed by atoms with Crippen LogP contribution < -0.4 is 0 Å². The minimum atomic E-state index is -0.297. The molecule has 0 fully saturated rings. The van der Waals surface area contributed by atoms with Gasteiger partial charge in [0.05, 0.1) is 23.6 Å². The minimum Gasteiger partial charge on any atom is -0.259 e. The fraction of sp³-hybridized carbons (Fsp3) is 0.267. The van der Waals surface area contributed by atoms with Gasteiger partial charge in [0.25, 0.3) is 0 Å². The first-order valence-corrected chi connectivity index (χ1v) is 6.47. The quantitative estimate of drug-likeness (QED) is 0.719. The Hall–Kier alpha value is -2.30. The molecular weight excluding hydrogens is 255 g/mol. The van der Waals surface area contributed by atoms with Crippen molar-refractivity contribution in [1.82, 2.24) is 19.7 Å². The van der Waals surface area contributed by atoms with Gasteiger partial charge in [0.15, 0.2) is 5.65 Å². The van der Waals surface area contributed by atoms with E-state index in [1.807, 2.05) is 26.0 Å². The molecule has 0 unspecified atom stereocenters. The first-order chi connectivity index (χ1) is 9.56. The van der Waals surface area contributed by atoms with E-state index in [0.717, 1.165) is 22.3 Å². The van der Waals surface area contributed by atoms with Crippen molar-refractivity contribution in [2.75, 3.05) is 0 Å². The molecule has 3 aromatic rings. The molecule has 102 valence electrons. The number of fused-ring (bicyclic) bond motifs is 1. The number of aryl methyl sites for hydroxylation is 3. The van der Waals surface area contributed by atoms with Crippen molar-refractivity contribution in [1.29, 1.82) is 0 Å². The molecule has 5 heteroatoms. The molecule has 0 spiro atoms. The largest absolute Gasteiger partial charge is 0.259 e. The van der Waals surface area contributed by atoms with Crippen molar-refractivity contribution in [3.8, 4) is 0 Å². The van der Waals surface area contributed by atoms with E-state index in [1.165, 1.54) is 6.07 Å². The standard InChI is InChI=1S/C15H15FN4/c1-9-5-4-6-17-14(9)8-20-15-12(10(2)19-20)7-13(16)11(3)18-15/h4-7H,8H2,1-3H3. The van der Waals surface area contributed by atoms with E-state index < -0.39 is 0 Å². The normalized spacial score (nSPS) is 11.2. The number of hydrogen-bond acceptors (Lipinski definition) is 3. The van der Waals surface area contributed by atoms with E-state index >= 15 is 0 Å². The number of halogens is 1. The summed E-state index contributed by atoms with van der Waals surface area (Å²) in [6.07, 6.45) is 1.76. The Morgan fingerprint density at radius 3 is 2.75 bits per heavy atom. The van der Waals surface area contributed by atoms with E-state index in [2.05, 4.69) is 15.1 Å². The molecule has 3 heterocycles. The molecule has 0 N–H and O–H groups in total. The molecule has 0 aliphatic carbocycles. The van der Waals surface area contributed by atoms with Crippen LogP contribution in [0.3, 0.4) is 0 Å². The number of hydrogen-bond donors (Lipinski definition) is 0. The fourth-order valence-corrected chi connectivity index (χ4v) is 2.25. The van der Waals surface area contributed by atoms with Crippen molar-refractivity contribution in [2.45, 2.75) is 27.3 Å². The fourth-order valence-electron chi connectivity index (χ4n) is 2.25. The van der Waals surface area contributed by atoms with E-state index in [9.17, 15) is 4.39 Å². The highest BCUT2D eigenvalue weighted by Gasteiger charge is 2.13. The summed E-state index contributed by atoms with van der Waals surface area (Å²) >= 11 is 0. The zero-order valence-electron chi connectivity index (χ0n) is 11.7. The molecule has 0 radical (unpaired) electrons. The van der Waals surface area contributed by atoms with Gasteiger partial charge in [-0.15, -0.1) is 0 Å². The summed E-state index contributed by atoms with van der Waals surface area (Å²) in [5, 5.41) is 5.21. The SMILES string of the molecule is Cc1cccnc1Cn1nc(C)c2cc(F)c(C)nc21. The van der Waals surface area contributed by atoms with Crippen molar-refractivity contribution in [2.24, 2.45) is 0 Å². The first-order valence-electron chi connectivity index (χ1n) is 6.47. The summed E-state index contributed by atoms with van der Waals surface area (Å²) in [6.45, 7) is 6.07. The monoisotopic (exact) mass is 270 g/mol. The van der Waals surface area contributed by atoms with E-state index in [-0.39, 0.29) is 5.82 Å². The predicted octanol–water partition coefficient (Wildman–Crippen LogP) is 2.94. The van der Waals surface area contributed by atoms with Crippen molar-refractivity contribution >= 4 is 11.0 Å². The lowest BCUT2D eigenvalue weighted by Crippen LogP contribution is -2.06. The second-order valence-electron chi connectivity index (χ2n) is 4.94. The van der Waals surface area contributed by atoms with Crippen molar-refractivity contribution in [3.05, 3.63) is 52.9 Å². The van der Waals surface area contributed by atoms with Crippen LogP contribution in [0.2, 0.25) is 0 Å². The van der Waals surface area contributed by atoms with Crippen LogP contribution in [0.4, 0.5) is 4.39 Å². The Bertz CT molecular complexity index is 792. The molecule has 3 aromatic heterocycles. The van der Waals surface area contributed by atoms with Gasteiger partial charge >= 0.3 is 0 Å². The highest BCUT2D eigenvalue weighted by atomic mass is 19.1. The summed E-state index contributed by atoms with van der Waals surface area (Å²) in [5.74, 6) is -0.297. The second-order valence-corrected chi connectivity index (χ2v) is 4.94. The molecule has 0 atom stereocenters. The van der Waals surface area contributed by atoms with Gasteiger partial charge in [-0.2, -0.15) is 5.10 Å². The summed E-state index contributed by atoms with van der Waals surface area (Å²) in [6, 6.07) is 5.42. The second kappa shape index (κ2) is 4.67. The lowest BCUT2D eigenvalue weighted by molar-refractivity contribution is 0.610. The van der Waals surface area contributed by atoms with Gasteiger partial charge in [-0.05, 0) is 38.5 Å². The van der Waals surface area contributed by atoms with E-state index in [4.69, 9.17) is 0 Å². The average Bonchev–Trinajstić information content (AvgIpc) is 2.70. The van der Waals surface area contributed by atoms with Gasteiger partial charge in [-0.1, -0.05) is 6.07 Å². The number of pyridine rings is 2. The van der Waals surface area contributed by atoms with Crippen LogP contribution in [0, 0.1) is 26.6 Å². The number of aromatic nitrogens is 4. The van der Waals surface area contributed by atoms with Crippen LogP contribution in [0.25, 0.3) is 11.0 Å². The Morgan fingerprint density at radius 1 is 1.20 bits per heavy atom. The summed E-state index contributed by atoms with van der Waals surface area (Å²) < 4.78 is 15.4. The molecule has 0 aliphatic rings. The molecular formula is C15H15FN4. The maximum absolute atomic E-state index is 13.6. The molecule has 4 nitrogen and oxygen atoms in total. The predicted molar refractivity (Wildman–Crippen MR) is 75.0 cm³/mol. The summed E-state index contributed by atoms with van der Waals surface area (Å²) in [5.41, 5.74) is 3.91. The summed E-state index contributed by atoms with van der Waals surface area (Å²) in [4.78, 5) is 8.69. The third kappa shape index (κ3) is 2.05. The molecule has 0 aliphatic heterocycles. The molecule has 0 saturated carbocycles. The van der Waals surface area contributed by atoms with Gasteiger partial charge in [-0.25, -0.2) is 14.1 Å². The van der Waals surface area contributed by atoms with Crippen LogP contribution in [0.1, 0.15) is 22.6 Å². The molecule has 3 rings (SSSR count). The average molecular weight is 270 g/mol. The molecule has 0 bridgehead atoms.